The molecule has 5 heteroatoms. The van der Waals surface area contributed by atoms with Gasteiger partial charge in [-0.15, -0.1) is 0 Å². The van der Waals surface area contributed by atoms with E-state index in [9.17, 15) is 4.79 Å². The number of carbonyl (C=O) groups is 1. The number of para-hydroxylation sites is 2. The Morgan fingerprint density at radius 1 is 0.958 bits per heavy atom. The van der Waals surface area contributed by atoms with Gasteiger partial charge >= 0.3 is 0 Å². The Kier molecular flexibility index (Phi) is 4.08. The van der Waals surface area contributed by atoms with Gasteiger partial charge in [0.2, 0.25) is 5.91 Å². The molecule has 0 radical (unpaired) electrons. The molecule has 0 unspecified atom stereocenters. The van der Waals surface area contributed by atoms with Gasteiger partial charge in [-0.05, 0) is 31.4 Å². The average molecular weight is 324 g/mol. The van der Waals surface area contributed by atoms with Crippen molar-refractivity contribution in [1.82, 2.24) is 9.97 Å². The molecule has 1 fully saturated rings. The molecule has 1 aromatic carbocycles. The van der Waals surface area contributed by atoms with Crippen LogP contribution in [0.2, 0.25) is 0 Å². The summed E-state index contributed by atoms with van der Waals surface area (Å²) in [6.45, 7) is 1.63. The molecule has 1 saturated carbocycles. The van der Waals surface area contributed by atoms with Gasteiger partial charge < -0.3 is 4.90 Å². The second-order valence-electron chi connectivity index (χ2n) is 6.96. The van der Waals surface area contributed by atoms with Crippen molar-refractivity contribution in [2.24, 2.45) is 5.92 Å². The Labute approximate surface area is 142 Å². The molecule has 126 valence electrons. The minimum atomic E-state index is 0.156. The maximum Gasteiger partial charge on any atom is 0.231 e. The zero-order chi connectivity index (χ0) is 16.5. The molecule has 0 atom stereocenters. The van der Waals surface area contributed by atoms with Crippen LogP contribution in [-0.2, 0) is 4.79 Å². The van der Waals surface area contributed by atoms with Crippen LogP contribution in [0, 0.1) is 5.92 Å². The summed E-state index contributed by atoms with van der Waals surface area (Å²) >= 11 is 0. The normalized spacial score (nSPS) is 19.2. The van der Waals surface area contributed by atoms with Crippen LogP contribution in [0.4, 0.5) is 11.6 Å². The van der Waals surface area contributed by atoms with E-state index in [1.807, 2.05) is 36.2 Å². The monoisotopic (exact) mass is 324 g/mol. The van der Waals surface area contributed by atoms with E-state index < -0.39 is 0 Å². The third-order valence-corrected chi connectivity index (χ3v) is 5.25. The molecule has 2 aliphatic rings. The average Bonchev–Trinajstić information content (AvgIpc) is 2.79. The molecule has 1 aliphatic heterocycles. The quantitative estimate of drug-likeness (QED) is 0.807. The van der Waals surface area contributed by atoms with Gasteiger partial charge in [-0.1, -0.05) is 31.4 Å². The summed E-state index contributed by atoms with van der Waals surface area (Å²) in [4.78, 5) is 26.8. The fraction of sp³-hybridized carbons (Fsp3) is 0.526. The summed E-state index contributed by atoms with van der Waals surface area (Å²) in [5.74, 6) is 1.97. The summed E-state index contributed by atoms with van der Waals surface area (Å²) in [6, 6.07) is 7.90. The number of aromatic nitrogens is 2. The molecule has 0 spiro atoms. The van der Waals surface area contributed by atoms with Crippen molar-refractivity contribution < 1.29 is 4.79 Å². The highest BCUT2D eigenvalue weighted by Crippen LogP contribution is 2.33. The number of benzene rings is 1. The van der Waals surface area contributed by atoms with Crippen LogP contribution < -0.4 is 9.80 Å². The number of rotatable bonds is 1. The van der Waals surface area contributed by atoms with E-state index >= 15 is 0 Å². The SMILES string of the molecule is CN1CCCN(C(=O)C2CCCCC2)c2nc3ccccc3nc21. The Hall–Kier alpha value is -2.17. The van der Waals surface area contributed by atoms with Crippen molar-refractivity contribution in [3.8, 4) is 0 Å². The molecule has 1 aliphatic carbocycles. The highest BCUT2D eigenvalue weighted by molar-refractivity contribution is 5.98. The summed E-state index contributed by atoms with van der Waals surface area (Å²) in [5.41, 5.74) is 1.74. The second kappa shape index (κ2) is 6.38. The molecule has 1 aromatic heterocycles. The van der Waals surface area contributed by atoms with Crippen LogP contribution in [0.5, 0.6) is 0 Å². The highest BCUT2D eigenvalue weighted by Gasteiger charge is 2.31. The zero-order valence-electron chi connectivity index (χ0n) is 14.2. The highest BCUT2D eigenvalue weighted by atomic mass is 16.2. The van der Waals surface area contributed by atoms with Crippen LogP contribution in [0.1, 0.15) is 38.5 Å². The molecule has 2 aromatic rings. The van der Waals surface area contributed by atoms with E-state index in [-0.39, 0.29) is 11.8 Å². The standard InChI is InChI=1S/C19H24N4O/c1-22-12-7-13-23(19(24)14-8-3-2-4-9-14)18-17(22)20-15-10-5-6-11-16(15)21-18/h5-6,10-11,14H,2-4,7-9,12-13H2,1H3. The number of fused-ring (bicyclic) bond motifs is 2. The number of nitrogens with zero attached hydrogens (tertiary/aromatic N) is 4. The first-order valence-electron chi connectivity index (χ1n) is 9.03. The number of hydrogen-bond acceptors (Lipinski definition) is 4. The van der Waals surface area contributed by atoms with Gasteiger partial charge in [-0.3, -0.25) is 9.69 Å². The predicted molar refractivity (Wildman–Crippen MR) is 96.4 cm³/mol. The maximum absolute atomic E-state index is 13.2. The molecule has 5 nitrogen and oxygen atoms in total. The minimum absolute atomic E-state index is 0.156. The summed E-state index contributed by atoms with van der Waals surface area (Å²) < 4.78 is 0. The minimum Gasteiger partial charge on any atom is -0.357 e. The molecule has 2 heterocycles. The molecule has 24 heavy (non-hydrogen) atoms. The maximum atomic E-state index is 13.2. The van der Waals surface area contributed by atoms with Crippen LogP contribution in [0.3, 0.4) is 0 Å². The van der Waals surface area contributed by atoms with E-state index in [2.05, 4.69) is 4.90 Å². The van der Waals surface area contributed by atoms with Crippen molar-refractivity contribution in [3.05, 3.63) is 24.3 Å². The largest absolute Gasteiger partial charge is 0.357 e. The predicted octanol–water partition coefficient (Wildman–Crippen LogP) is 3.38. The Morgan fingerprint density at radius 3 is 2.33 bits per heavy atom. The second-order valence-corrected chi connectivity index (χ2v) is 6.96. The van der Waals surface area contributed by atoms with Gasteiger partial charge in [0.1, 0.15) is 0 Å². The Bertz CT molecular complexity index is 754. The molecule has 0 N–H and O–H groups in total. The molecule has 1 amide bonds. The van der Waals surface area contributed by atoms with Crippen molar-refractivity contribution in [2.45, 2.75) is 38.5 Å². The first-order valence-corrected chi connectivity index (χ1v) is 9.03. The molecular formula is C19H24N4O. The van der Waals surface area contributed by atoms with Gasteiger partial charge in [-0.2, -0.15) is 0 Å². The van der Waals surface area contributed by atoms with Gasteiger partial charge in [-0.25, -0.2) is 9.97 Å². The lowest BCUT2D eigenvalue weighted by molar-refractivity contribution is -0.123. The van der Waals surface area contributed by atoms with Crippen molar-refractivity contribution in [2.75, 3.05) is 29.9 Å². The summed E-state index contributed by atoms with van der Waals surface area (Å²) in [5, 5.41) is 0. The van der Waals surface area contributed by atoms with Crippen LogP contribution in [0.25, 0.3) is 11.0 Å². The lowest BCUT2D eigenvalue weighted by Gasteiger charge is -2.28. The molecule has 0 saturated heterocycles. The smallest absolute Gasteiger partial charge is 0.231 e. The van der Waals surface area contributed by atoms with Crippen molar-refractivity contribution in [3.63, 3.8) is 0 Å². The van der Waals surface area contributed by atoms with Crippen LogP contribution in [0.15, 0.2) is 24.3 Å². The van der Waals surface area contributed by atoms with Crippen LogP contribution >= 0.6 is 0 Å². The topological polar surface area (TPSA) is 49.3 Å². The first kappa shape index (κ1) is 15.4. The van der Waals surface area contributed by atoms with Gasteiger partial charge in [0.25, 0.3) is 0 Å². The number of carbonyl (C=O) groups excluding carboxylic acids is 1. The van der Waals surface area contributed by atoms with E-state index in [1.54, 1.807) is 0 Å². The fourth-order valence-electron chi connectivity index (χ4n) is 3.88. The van der Waals surface area contributed by atoms with Gasteiger partial charge in [0, 0.05) is 26.1 Å². The van der Waals surface area contributed by atoms with Gasteiger partial charge in [0.05, 0.1) is 11.0 Å². The van der Waals surface area contributed by atoms with E-state index in [1.165, 1.54) is 19.3 Å². The fourth-order valence-corrected chi connectivity index (χ4v) is 3.88. The Balaban J connectivity index is 1.77. The van der Waals surface area contributed by atoms with Crippen molar-refractivity contribution >= 4 is 28.6 Å². The lowest BCUT2D eigenvalue weighted by atomic mass is 9.88. The molecule has 4 rings (SSSR count). The molecular weight excluding hydrogens is 300 g/mol. The van der Waals surface area contributed by atoms with E-state index in [4.69, 9.17) is 9.97 Å². The third-order valence-electron chi connectivity index (χ3n) is 5.25. The van der Waals surface area contributed by atoms with E-state index in [0.717, 1.165) is 55.0 Å². The lowest BCUT2D eigenvalue weighted by Crippen LogP contribution is -2.38. The van der Waals surface area contributed by atoms with E-state index in [0.29, 0.717) is 0 Å². The third kappa shape index (κ3) is 2.72. The number of amides is 1. The van der Waals surface area contributed by atoms with Gasteiger partial charge in [0.15, 0.2) is 11.6 Å². The van der Waals surface area contributed by atoms with Crippen LogP contribution in [-0.4, -0.2) is 36.0 Å². The summed E-state index contributed by atoms with van der Waals surface area (Å²) in [7, 11) is 2.04. The first-order chi connectivity index (χ1) is 11.7. The Morgan fingerprint density at radius 2 is 1.62 bits per heavy atom. The zero-order valence-corrected chi connectivity index (χ0v) is 14.2. The summed E-state index contributed by atoms with van der Waals surface area (Å²) in [6.07, 6.45) is 6.57. The number of hydrogen-bond donors (Lipinski definition) is 0. The number of anilines is 2. The van der Waals surface area contributed by atoms with Crippen molar-refractivity contribution in [1.29, 1.82) is 0 Å². The molecule has 0 bridgehead atoms.